The Balaban J connectivity index is 2.03. The molecule has 2 rings (SSSR count). The molecule has 0 radical (unpaired) electrons. The van der Waals surface area contributed by atoms with Gasteiger partial charge in [0.2, 0.25) is 11.0 Å². The van der Waals surface area contributed by atoms with Crippen LogP contribution in [0.5, 0.6) is 0 Å². The third-order valence-corrected chi connectivity index (χ3v) is 3.61. The van der Waals surface area contributed by atoms with Gasteiger partial charge in [-0.3, -0.25) is 14.9 Å². The molecule has 0 bridgehead atoms. The number of benzene rings is 1. The molecule has 1 heterocycles. The van der Waals surface area contributed by atoms with Crippen LogP contribution in [0, 0.1) is 10.1 Å². The van der Waals surface area contributed by atoms with E-state index in [-0.39, 0.29) is 18.0 Å². The molecule has 1 aromatic carbocycles. The summed E-state index contributed by atoms with van der Waals surface area (Å²) in [6.45, 7) is 2.04. The van der Waals surface area contributed by atoms with Crippen LogP contribution in [0.2, 0.25) is 0 Å². The Morgan fingerprint density at radius 1 is 1.38 bits per heavy atom. The van der Waals surface area contributed by atoms with Gasteiger partial charge in [-0.2, -0.15) is 0 Å². The molecule has 0 aliphatic carbocycles. The van der Waals surface area contributed by atoms with E-state index in [1.807, 2.05) is 6.92 Å². The van der Waals surface area contributed by atoms with E-state index in [1.54, 1.807) is 18.2 Å². The molecule has 0 aliphatic heterocycles. The number of hydrogen-bond acceptors (Lipinski definition) is 6. The van der Waals surface area contributed by atoms with Crippen molar-refractivity contribution in [3.63, 3.8) is 0 Å². The van der Waals surface area contributed by atoms with Crippen LogP contribution in [0.15, 0.2) is 24.3 Å². The van der Waals surface area contributed by atoms with Crippen LogP contribution in [-0.2, 0) is 17.6 Å². The van der Waals surface area contributed by atoms with Crippen molar-refractivity contribution < 1.29 is 9.72 Å². The van der Waals surface area contributed by atoms with Gasteiger partial charge in [-0.05, 0) is 6.42 Å². The fraction of sp³-hybridized carbons (Fsp3) is 0.308. The van der Waals surface area contributed by atoms with Crippen molar-refractivity contribution in [2.45, 2.75) is 26.2 Å². The normalized spacial score (nSPS) is 10.3. The van der Waals surface area contributed by atoms with E-state index >= 15 is 0 Å². The lowest BCUT2D eigenvalue weighted by molar-refractivity contribution is -0.385. The van der Waals surface area contributed by atoms with Crippen molar-refractivity contribution in [1.82, 2.24) is 10.2 Å². The van der Waals surface area contributed by atoms with Crippen LogP contribution in [0.25, 0.3) is 0 Å². The SMILES string of the molecule is CCCc1nnc(NC(=O)Cc2ccccc2[N+](=O)[O-])s1. The summed E-state index contributed by atoms with van der Waals surface area (Å²) in [5.41, 5.74) is 0.315. The lowest BCUT2D eigenvalue weighted by atomic mass is 10.1. The second-order valence-corrected chi connectivity index (χ2v) is 5.42. The average Bonchev–Trinajstić information content (AvgIpc) is 2.86. The predicted molar refractivity (Wildman–Crippen MR) is 79.3 cm³/mol. The van der Waals surface area contributed by atoms with Gasteiger partial charge in [0.05, 0.1) is 11.3 Å². The monoisotopic (exact) mass is 306 g/mol. The van der Waals surface area contributed by atoms with Gasteiger partial charge in [0.15, 0.2) is 0 Å². The number of rotatable bonds is 6. The summed E-state index contributed by atoms with van der Waals surface area (Å²) >= 11 is 1.32. The predicted octanol–water partition coefficient (Wildman–Crippen LogP) is 2.58. The highest BCUT2D eigenvalue weighted by Gasteiger charge is 2.16. The average molecular weight is 306 g/mol. The first-order valence-corrected chi connectivity index (χ1v) is 7.26. The lowest BCUT2D eigenvalue weighted by Crippen LogP contribution is -2.15. The molecule has 2 aromatic rings. The maximum absolute atomic E-state index is 11.9. The molecule has 21 heavy (non-hydrogen) atoms. The van der Waals surface area contributed by atoms with Crippen LogP contribution in [-0.4, -0.2) is 21.0 Å². The zero-order valence-electron chi connectivity index (χ0n) is 11.4. The minimum Gasteiger partial charge on any atom is -0.300 e. The van der Waals surface area contributed by atoms with Gasteiger partial charge in [0.1, 0.15) is 5.01 Å². The summed E-state index contributed by atoms with van der Waals surface area (Å²) in [7, 11) is 0. The Labute approximate surface area is 125 Å². The van der Waals surface area contributed by atoms with Gasteiger partial charge in [-0.15, -0.1) is 10.2 Å². The van der Waals surface area contributed by atoms with E-state index in [1.165, 1.54) is 17.4 Å². The van der Waals surface area contributed by atoms with Gasteiger partial charge in [0.25, 0.3) is 5.69 Å². The number of hydrogen-bond donors (Lipinski definition) is 1. The number of carbonyl (C=O) groups excluding carboxylic acids is 1. The van der Waals surface area contributed by atoms with Gasteiger partial charge in [0, 0.05) is 18.1 Å². The minimum atomic E-state index is -0.493. The van der Waals surface area contributed by atoms with Gasteiger partial charge in [-0.25, -0.2) is 0 Å². The highest BCUT2D eigenvalue weighted by molar-refractivity contribution is 7.15. The molecule has 0 saturated heterocycles. The van der Waals surface area contributed by atoms with Crippen molar-refractivity contribution in [1.29, 1.82) is 0 Å². The number of nitro benzene ring substituents is 1. The summed E-state index contributed by atoms with van der Waals surface area (Å²) in [5.74, 6) is -0.344. The standard InChI is InChI=1S/C13H14N4O3S/c1-2-5-12-15-16-13(21-12)14-11(18)8-9-6-3-4-7-10(9)17(19)20/h3-4,6-7H,2,5,8H2,1H3,(H,14,16,18). The molecule has 7 nitrogen and oxygen atoms in total. The number of aryl methyl sites for hydroxylation is 1. The van der Waals surface area contributed by atoms with E-state index in [0.29, 0.717) is 10.7 Å². The summed E-state index contributed by atoms with van der Waals surface area (Å²) in [6, 6.07) is 6.19. The van der Waals surface area contributed by atoms with Crippen molar-refractivity contribution >= 4 is 28.1 Å². The number of anilines is 1. The molecule has 1 N–H and O–H groups in total. The number of nitro groups is 1. The van der Waals surface area contributed by atoms with Gasteiger partial charge < -0.3 is 5.32 Å². The van der Waals surface area contributed by atoms with Crippen LogP contribution >= 0.6 is 11.3 Å². The molecular weight excluding hydrogens is 292 g/mol. The van der Waals surface area contributed by atoms with Crippen LogP contribution < -0.4 is 5.32 Å². The Hall–Kier alpha value is -2.35. The van der Waals surface area contributed by atoms with Crippen molar-refractivity contribution in [3.05, 3.63) is 45.0 Å². The number of para-hydroxylation sites is 1. The largest absolute Gasteiger partial charge is 0.300 e. The molecule has 0 atom stereocenters. The highest BCUT2D eigenvalue weighted by atomic mass is 32.1. The van der Waals surface area contributed by atoms with Crippen LogP contribution in [0.1, 0.15) is 23.9 Å². The van der Waals surface area contributed by atoms with Gasteiger partial charge >= 0.3 is 0 Å². The smallest absolute Gasteiger partial charge is 0.273 e. The van der Waals surface area contributed by atoms with Crippen molar-refractivity contribution in [3.8, 4) is 0 Å². The second kappa shape index (κ2) is 6.89. The second-order valence-electron chi connectivity index (χ2n) is 4.36. The topological polar surface area (TPSA) is 98.0 Å². The van der Waals surface area contributed by atoms with Crippen molar-refractivity contribution in [2.75, 3.05) is 5.32 Å². The third-order valence-electron chi connectivity index (χ3n) is 2.72. The summed E-state index contributed by atoms with van der Waals surface area (Å²) in [4.78, 5) is 22.3. The molecule has 0 saturated carbocycles. The number of nitrogens with one attached hydrogen (secondary N) is 1. The molecule has 0 unspecified atom stereocenters. The van der Waals surface area contributed by atoms with Crippen LogP contribution in [0.4, 0.5) is 10.8 Å². The number of carbonyl (C=O) groups is 1. The number of amides is 1. The maximum Gasteiger partial charge on any atom is 0.273 e. The van der Waals surface area contributed by atoms with Gasteiger partial charge in [-0.1, -0.05) is 36.5 Å². The zero-order chi connectivity index (χ0) is 15.2. The van der Waals surface area contributed by atoms with E-state index in [4.69, 9.17) is 0 Å². The molecule has 0 spiro atoms. The minimum absolute atomic E-state index is 0.0587. The summed E-state index contributed by atoms with van der Waals surface area (Å²) in [5, 5.41) is 22.6. The number of nitrogens with zero attached hydrogens (tertiary/aromatic N) is 3. The molecule has 1 amide bonds. The Kier molecular flexibility index (Phi) is 4.94. The van der Waals surface area contributed by atoms with Crippen LogP contribution in [0.3, 0.4) is 0 Å². The van der Waals surface area contributed by atoms with E-state index < -0.39 is 4.92 Å². The highest BCUT2D eigenvalue weighted by Crippen LogP contribution is 2.20. The fourth-order valence-corrected chi connectivity index (χ4v) is 2.65. The lowest BCUT2D eigenvalue weighted by Gasteiger charge is -2.02. The molecular formula is C13H14N4O3S. The Morgan fingerprint density at radius 3 is 2.86 bits per heavy atom. The molecule has 110 valence electrons. The molecule has 0 fully saturated rings. The quantitative estimate of drug-likeness (QED) is 0.653. The first-order chi connectivity index (χ1) is 10.1. The number of aromatic nitrogens is 2. The van der Waals surface area contributed by atoms with E-state index in [9.17, 15) is 14.9 Å². The molecule has 8 heteroatoms. The van der Waals surface area contributed by atoms with Crippen molar-refractivity contribution in [2.24, 2.45) is 0 Å². The molecule has 0 aliphatic rings. The van der Waals surface area contributed by atoms with E-state index in [2.05, 4.69) is 15.5 Å². The zero-order valence-corrected chi connectivity index (χ0v) is 12.2. The first-order valence-electron chi connectivity index (χ1n) is 6.44. The maximum atomic E-state index is 11.9. The Bertz CT molecular complexity index is 656. The fourth-order valence-electron chi connectivity index (χ4n) is 1.79. The summed E-state index contributed by atoms with van der Waals surface area (Å²) in [6.07, 6.45) is 1.70. The van der Waals surface area contributed by atoms with E-state index in [0.717, 1.165) is 17.8 Å². The Morgan fingerprint density at radius 2 is 2.14 bits per heavy atom. The third kappa shape index (κ3) is 4.06. The summed E-state index contributed by atoms with van der Waals surface area (Å²) < 4.78 is 0. The first kappa shape index (κ1) is 15.0. The molecule has 1 aromatic heterocycles.